The minimum absolute atomic E-state index is 0.152. The Bertz CT molecular complexity index is 169. The highest BCUT2D eigenvalue weighted by Crippen LogP contribution is 2.23. The normalized spacial score (nSPS) is 37.6. The molecular weight excluding hydrogens is 142 g/mol. The van der Waals surface area contributed by atoms with Crippen molar-refractivity contribution in [3.05, 3.63) is 0 Å². The van der Waals surface area contributed by atoms with E-state index >= 15 is 0 Å². The molecule has 0 unspecified atom stereocenters. The van der Waals surface area contributed by atoms with Crippen LogP contribution in [-0.4, -0.2) is 24.7 Å². The van der Waals surface area contributed by atoms with Gasteiger partial charge in [0.15, 0.2) is 0 Å². The monoisotopic (exact) mass is 155 g/mol. The molecule has 0 aromatic rings. The number of carbonyl (C=O) groups is 1. The summed E-state index contributed by atoms with van der Waals surface area (Å²) in [6.07, 6.45) is 4.24. The summed E-state index contributed by atoms with van der Waals surface area (Å²) >= 11 is 0. The number of rotatable bonds is 0. The van der Waals surface area contributed by atoms with Crippen molar-refractivity contribution < 1.29 is 9.53 Å². The van der Waals surface area contributed by atoms with Gasteiger partial charge in [-0.2, -0.15) is 0 Å². The van der Waals surface area contributed by atoms with E-state index in [1.165, 1.54) is 6.42 Å². The van der Waals surface area contributed by atoms with E-state index < -0.39 is 0 Å². The number of hydrogen-bond donors (Lipinski definition) is 1. The zero-order valence-corrected chi connectivity index (χ0v) is 6.51. The van der Waals surface area contributed by atoms with Crippen LogP contribution in [0.4, 0.5) is 0 Å². The van der Waals surface area contributed by atoms with Crippen molar-refractivity contribution >= 4 is 5.91 Å². The average molecular weight is 155 g/mol. The molecule has 11 heavy (non-hydrogen) atoms. The molecule has 1 N–H and O–H groups in total. The molecular formula is C8H13NO2. The van der Waals surface area contributed by atoms with E-state index in [9.17, 15) is 4.79 Å². The zero-order valence-electron chi connectivity index (χ0n) is 6.51. The molecule has 1 saturated carbocycles. The van der Waals surface area contributed by atoms with Gasteiger partial charge in [0, 0.05) is 6.42 Å². The van der Waals surface area contributed by atoms with Crippen LogP contribution in [0.25, 0.3) is 0 Å². The summed E-state index contributed by atoms with van der Waals surface area (Å²) in [6, 6.07) is 0.310. The maximum Gasteiger partial charge on any atom is 0.222 e. The Kier molecular flexibility index (Phi) is 1.82. The number of ether oxygens (including phenoxy) is 1. The van der Waals surface area contributed by atoms with E-state index in [1.54, 1.807) is 0 Å². The van der Waals surface area contributed by atoms with Gasteiger partial charge in [0.05, 0.1) is 18.8 Å². The smallest absolute Gasteiger partial charge is 0.222 e. The van der Waals surface area contributed by atoms with Crippen molar-refractivity contribution in [1.82, 2.24) is 5.32 Å². The van der Waals surface area contributed by atoms with E-state index in [1.807, 2.05) is 0 Å². The Balaban J connectivity index is 2.03. The molecule has 2 rings (SSSR count). The van der Waals surface area contributed by atoms with Crippen molar-refractivity contribution in [2.75, 3.05) is 6.61 Å². The van der Waals surface area contributed by atoms with Gasteiger partial charge in [-0.3, -0.25) is 4.79 Å². The summed E-state index contributed by atoms with van der Waals surface area (Å²) in [5.74, 6) is 0.152. The van der Waals surface area contributed by atoms with Crippen LogP contribution in [0.15, 0.2) is 0 Å². The standard InChI is InChI=1S/C8H13NO2/c10-8-4-5-11-7-3-1-2-6(7)9-8/h6-7H,1-5H2,(H,9,10)/t6-,7-/m0/s1. The predicted molar refractivity (Wildman–Crippen MR) is 40.1 cm³/mol. The largest absolute Gasteiger partial charge is 0.376 e. The van der Waals surface area contributed by atoms with Crippen molar-refractivity contribution in [3.8, 4) is 0 Å². The van der Waals surface area contributed by atoms with Gasteiger partial charge in [-0.15, -0.1) is 0 Å². The number of hydrogen-bond acceptors (Lipinski definition) is 2. The lowest BCUT2D eigenvalue weighted by Crippen LogP contribution is -2.37. The third-order valence-electron chi connectivity index (χ3n) is 2.46. The summed E-state index contributed by atoms with van der Waals surface area (Å²) in [7, 11) is 0. The molecule has 1 aliphatic heterocycles. The SMILES string of the molecule is O=C1CCO[C@H]2CCC[C@@H]2N1. The third kappa shape index (κ3) is 1.38. The van der Waals surface area contributed by atoms with E-state index in [4.69, 9.17) is 4.74 Å². The molecule has 1 aliphatic carbocycles. The molecule has 3 nitrogen and oxygen atoms in total. The number of fused-ring (bicyclic) bond motifs is 1. The fourth-order valence-corrected chi connectivity index (χ4v) is 1.87. The first kappa shape index (κ1) is 7.10. The van der Waals surface area contributed by atoms with Gasteiger partial charge in [0.2, 0.25) is 5.91 Å². The van der Waals surface area contributed by atoms with Crippen LogP contribution in [0, 0.1) is 0 Å². The highest BCUT2D eigenvalue weighted by molar-refractivity contribution is 5.76. The first-order valence-corrected chi connectivity index (χ1v) is 4.27. The average Bonchev–Trinajstić information content (AvgIpc) is 2.31. The number of nitrogens with one attached hydrogen (secondary N) is 1. The Labute approximate surface area is 66.1 Å². The minimum Gasteiger partial charge on any atom is -0.376 e. The van der Waals surface area contributed by atoms with Crippen LogP contribution < -0.4 is 5.32 Å². The fourth-order valence-electron chi connectivity index (χ4n) is 1.87. The zero-order chi connectivity index (χ0) is 7.68. The summed E-state index contributed by atoms with van der Waals surface area (Å²) in [4.78, 5) is 11.0. The maximum atomic E-state index is 11.0. The molecule has 3 heteroatoms. The Morgan fingerprint density at radius 3 is 3.27 bits per heavy atom. The molecule has 0 aromatic carbocycles. The summed E-state index contributed by atoms with van der Waals surface area (Å²) in [6.45, 7) is 0.604. The highest BCUT2D eigenvalue weighted by Gasteiger charge is 2.31. The van der Waals surface area contributed by atoms with E-state index in [0.717, 1.165) is 12.8 Å². The molecule has 62 valence electrons. The molecule has 1 heterocycles. The molecule has 0 bridgehead atoms. The number of carbonyl (C=O) groups excluding carboxylic acids is 1. The van der Waals surface area contributed by atoms with Gasteiger partial charge in [0.1, 0.15) is 0 Å². The quantitative estimate of drug-likeness (QED) is 0.551. The summed E-state index contributed by atoms with van der Waals surface area (Å²) in [5, 5.41) is 2.98. The van der Waals surface area contributed by atoms with Gasteiger partial charge in [-0.25, -0.2) is 0 Å². The van der Waals surface area contributed by atoms with Gasteiger partial charge in [0.25, 0.3) is 0 Å². The Hall–Kier alpha value is -0.570. The lowest BCUT2D eigenvalue weighted by atomic mass is 10.2. The fraction of sp³-hybridized carbons (Fsp3) is 0.875. The first-order chi connectivity index (χ1) is 5.36. The lowest BCUT2D eigenvalue weighted by molar-refractivity contribution is -0.121. The van der Waals surface area contributed by atoms with Crippen LogP contribution in [0.3, 0.4) is 0 Å². The molecule has 0 radical (unpaired) electrons. The van der Waals surface area contributed by atoms with E-state index in [-0.39, 0.29) is 5.91 Å². The van der Waals surface area contributed by atoms with E-state index in [2.05, 4.69) is 5.32 Å². The van der Waals surface area contributed by atoms with Crippen LogP contribution in [0.5, 0.6) is 0 Å². The second-order valence-electron chi connectivity index (χ2n) is 3.26. The molecule has 2 aliphatic rings. The number of amides is 1. The van der Waals surface area contributed by atoms with E-state index in [0.29, 0.717) is 25.2 Å². The second-order valence-corrected chi connectivity index (χ2v) is 3.26. The molecule has 2 atom stereocenters. The van der Waals surface area contributed by atoms with Gasteiger partial charge in [-0.05, 0) is 19.3 Å². The van der Waals surface area contributed by atoms with Crippen molar-refractivity contribution in [2.24, 2.45) is 0 Å². The van der Waals surface area contributed by atoms with Gasteiger partial charge >= 0.3 is 0 Å². The minimum atomic E-state index is 0.152. The second kappa shape index (κ2) is 2.81. The first-order valence-electron chi connectivity index (χ1n) is 4.27. The van der Waals surface area contributed by atoms with Crippen LogP contribution in [0.1, 0.15) is 25.7 Å². The molecule has 0 aromatic heterocycles. The maximum absolute atomic E-state index is 11.0. The lowest BCUT2D eigenvalue weighted by Gasteiger charge is -2.15. The van der Waals surface area contributed by atoms with Crippen molar-refractivity contribution in [2.45, 2.75) is 37.8 Å². The topological polar surface area (TPSA) is 38.3 Å². The Morgan fingerprint density at radius 2 is 2.36 bits per heavy atom. The predicted octanol–water partition coefficient (Wildman–Crippen LogP) is 0.444. The third-order valence-corrected chi connectivity index (χ3v) is 2.46. The van der Waals surface area contributed by atoms with Crippen LogP contribution in [0.2, 0.25) is 0 Å². The van der Waals surface area contributed by atoms with Crippen LogP contribution >= 0.6 is 0 Å². The molecule has 0 spiro atoms. The summed E-state index contributed by atoms with van der Waals surface area (Å²) < 4.78 is 5.51. The summed E-state index contributed by atoms with van der Waals surface area (Å²) in [5.41, 5.74) is 0. The Morgan fingerprint density at radius 1 is 1.45 bits per heavy atom. The molecule has 1 saturated heterocycles. The van der Waals surface area contributed by atoms with Gasteiger partial charge < -0.3 is 10.1 Å². The highest BCUT2D eigenvalue weighted by atomic mass is 16.5. The van der Waals surface area contributed by atoms with Crippen molar-refractivity contribution in [1.29, 1.82) is 0 Å². The van der Waals surface area contributed by atoms with Crippen LogP contribution in [-0.2, 0) is 9.53 Å². The molecule has 1 amide bonds. The van der Waals surface area contributed by atoms with Gasteiger partial charge in [-0.1, -0.05) is 0 Å². The van der Waals surface area contributed by atoms with Crippen molar-refractivity contribution in [3.63, 3.8) is 0 Å². The molecule has 2 fully saturated rings.